The third-order valence-electron chi connectivity index (χ3n) is 3.41. The second-order valence-electron chi connectivity index (χ2n) is 4.91. The lowest BCUT2D eigenvalue weighted by molar-refractivity contribution is 0.457. The van der Waals surface area contributed by atoms with Crippen LogP contribution in [0.4, 0.5) is 0 Å². The zero-order chi connectivity index (χ0) is 15.7. The summed E-state index contributed by atoms with van der Waals surface area (Å²) in [5.41, 5.74) is 2.89. The molecule has 0 aliphatic carbocycles. The van der Waals surface area contributed by atoms with Gasteiger partial charge in [-0.05, 0) is 37.3 Å². The van der Waals surface area contributed by atoms with Crippen LogP contribution in [0.25, 0.3) is 10.9 Å². The number of hydrogen-bond acceptors (Lipinski definition) is 3. The summed E-state index contributed by atoms with van der Waals surface area (Å²) in [6.45, 7) is 2.51. The highest BCUT2D eigenvalue weighted by molar-refractivity contribution is 9.10. The molecule has 0 unspecified atom stereocenters. The first-order valence-electron chi connectivity index (χ1n) is 6.94. The van der Waals surface area contributed by atoms with Crippen LogP contribution in [-0.4, -0.2) is 27.5 Å². The Labute approximate surface area is 136 Å². The van der Waals surface area contributed by atoms with Crippen LogP contribution in [0.1, 0.15) is 18.1 Å². The van der Waals surface area contributed by atoms with Gasteiger partial charge in [0.1, 0.15) is 5.75 Å². The first-order valence-corrected chi connectivity index (χ1v) is 7.74. The van der Waals surface area contributed by atoms with Gasteiger partial charge in [0, 0.05) is 27.5 Å². The first-order chi connectivity index (χ1) is 10.6. The van der Waals surface area contributed by atoms with Crippen molar-refractivity contribution in [2.45, 2.75) is 6.92 Å². The minimum absolute atomic E-state index is 0.0728. The highest BCUT2D eigenvalue weighted by Crippen LogP contribution is 2.32. The maximum atomic E-state index is 10.3. The Morgan fingerprint density at radius 1 is 1.18 bits per heavy atom. The molecule has 1 aromatic heterocycles. The minimum atomic E-state index is 0.0728. The van der Waals surface area contributed by atoms with Crippen molar-refractivity contribution in [1.82, 2.24) is 4.98 Å². The molecule has 0 saturated carbocycles. The third-order valence-corrected chi connectivity index (χ3v) is 3.91. The molecule has 0 fully saturated rings. The van der Waals surface area contributed by atoms with Gasteiger partial charge >= 0.3 is 0 Å². The fourth-order valence-electron chi connectivity index (χ4n) is 2.52. The molecule has 0 amide bonds. The molecular formula is C17H15BrN2O2. The molecule has 0 atom stereocenters. The number of nitrogens with zero attached hydrogens (tertiary/aromatic N) is 1. The molecule has 2 aromatic carbocycles. The average Bonchev–Trinajstić information content (AvgIpc) is 2.80. The zero-order valence-corrected chi connectivity index (χ0v) is 13.6. The molecule has 3 rings (SSSR count). The highest BCUT2D eigenvalue weighted by Gasteiger charge is 2.18. The molecule has 1 heterocycles. The number of aromatic nitrogens is 1. The number of rotatable bonds is 3. The van der Waals surface area contributed by atoms with Crippen molar-refractivity contribution >= 4 is 32.5 Å². The summed E-state index contributed by atoms with van der Waals surface area (Å²) in [6.07, 6.45) is 0. The van der Waals surface area contributed by atoms with Crippen molar-refractivity contribution in [2.75, 3.05) is 6.54 Å². The fraction of sp³-hybridized carbons (Fsp3) is 0.118. The summed E-state index contributed by atoms with van der Waals surface area (Å²) >= 11 is 3.46. The topological polar surface area (TPSA) is 68.6 Å². The number of nitrogens with one attached hydrogen (secondary N) is 1. The molecule has 4 nitrogen and oxygen atoms in total. The van der Waals surface area contributed by atoms with Crippen molar-refractivity contribution in [3.63, 3.8) is 0 Å². The number of halogens is 1. The number of aromatic amines is 1. The van der Waals surface area contributed by atoms with Gasteiger partial charge in [-0.15, -0.1) is 0 Å². The molecule has 0 spiro atoms. The number of aliphatic imine (C=N–C) groups is 1. The molecule has 3 N–H and O–H groups in total. The summed E-state index contributed by atoms with van der Waals surface area (Å²) in [4.78, 5) is 7.50. The highest BCUT2D eigenvalue weighted by atomic mass is 79.9. The van der Waals surface area contributed by atoms with Gasteiger partial charge in [-0.3, -0.25) is 4.99 Å². The lowest BCUT2D eigenvalue weighted by Gasteiger charge is -2.07. The van der Waals surface area contributed by atoms with Gasteiger partial charge in [-0.1, -0.05) is 28.1 Å². The normalized spacial score (nSPS) is 12.0. The molecule has 0 aliphatic heterocycles. The zero-order valence-electron chi connectivity index (χ0n) is 12.0. The Balaban J connectivity index is 2.28. The van der Waals surface area contributed by atoms with E-state index in [-0.39, 0.29) is 11.6 Å². The maximum absolute atomic E-state index is 10.3. The Hall–Kier alpha value is -2.27. The van der Waals surface area contributed by atoms with E-state index in [9.17, 15) is 10.2 Å². The van der Waals surface area contributed by atoms with E-state index in [1.165, 1.54) is 0 Å². The van der Waals surface area contributed by atoms with Crippen LogP contribution in [0.5, 0.6) is 11.6 Å². The lowest BCUT2D eigenvalue weighted by Crippen LogP contribution is -2.04. The van der Waals surface area contributed by atoms with Crippen molar-refractivity contribution < 1.29 is 10.2 Å². The second kappa shape index (κ2) is 5.85. The number of H-pyrrole nitrogens is 1. The van der Waals surface area contributed by atoms with Crippen LogP contribution in [0.3, 0.4) is 0 Å². The Morgan fingerprint density at radius 3 is 2.73 bits per heavy atom. The van der Waals surface area contributed by atoms with Crippen molar-refractivity contribution in [3.05, 3.63) is 58.1 Å². The van der Waals surface area contributed by atoms with Crippen molar-refractivity contribution in [3.8, 4) is 11.6 Å². The molecule has 0 radical (unpaired) electrons. The van der Waals surface area contributed by atoms with Crippen LogP contribution in [0.2, 0.25) is 0 Å². The smallest absolute Gasteiger partial charge is 0.199 e. The minimum Gasteiger partial charge on any atom is -0.508 e. The lowest BCUT2D eigenvalue weighted by atomic mass is 10.0. The van der Waals surface area contributed by atoms with Gasteiger partial charge in [0.05, 0.1) is 11.3 Å². The van der Waals surface area contributed by atoms with E-state index in [1.54, 1.807) is 18.2 Å². The number of aromatic hydroxyl groups is 2. The SMILES string of the molecule is CCN=C(c1cccc(O)c1)c1c(O)[nH]c2ccc(Br)cc12. The van der Waals surface area contributed by atoms with E-state index in [4.69, 9.17) is 0 Å². The van der Waals surface area contributed by atoms with Gasteiger partial charge in [0.2, 0.25) is 0 Å². The average molecular weight is 359 g/mol. The fourth-order valence-corrected chi connectivity index (χ4v) is 2.88. The molecule has 3 aromatic rings. The molecule has 0 bridgehead atoms. The summed E-state index contributed by atoms with van der Waals surface area (Å²) in [5.74, 6) is 0.241. The Kier molecular flexibility index (Phi) is 3.90. The third kappa shape index (κ3) is 2.60. The Morgan fingerprint density at radius 2 is 2.00 bits per heavy atom. The molecule has 0 aliphatic rings. The summed E-state index contributed by atoms with van der Waals surface area (Å²) in [6, 6.07) is 12.6. The van der Waals surface area contributed by atoms with Crippen LogP contribution in [0, 0.1) is 0 Å². The van der Waals surface area contributed by atoms with Gasteiger partial charge in [-0.25, -0.2) is 0 Å². The van der Waals surface area contributed by atoms with Gasteiger partial charge in [-0.2, -0.15) is 0 Å². The van der Waals surface area contributed by atoms with Crippen molar-refractivity contribution in [2.24, 2.45) is 4.99 Å². The van der Waals surface area contributed by atoms with Gasteiger partial charge < -0.3 is 15.2 Å². The summed E-state index contributed by atoms with van der Waals surface area (Å²) in [7, 11) is 0. The molecular weight excluding hydrogens is 344 g/mol. The monoisotopic (exact) mass is 358 g/mol. The molecule has 112 valence electrons. The van der Waals surface area contributed by atoms with Crippen molar-refractivity contribution in [1.29, 1.82) is 0 Å². The molecule has 0 saturated heterocycles. The Bertz CT molecular complexity index is 868. The van der Waals surface area contributed by atoms with Crippen LogP contribution in [-0.2, 0) is 0 Å². The first kappa shape index (κ1) is 14.7. The standard InChI is InChI=1S/C17H15BrN2O2/c1-2-19-16(10-4-3-5-12(21)8-10)15-13-9-11(18)6-7-14(13)20-17(15)22/h3-9,20-22H,2H2,1H3. The van der Waals surface area contributed by atoms with E-state index in [0.29, 0.717) is 17.8 Å². The van der Waals surface area contributed by atoms with E-state index < -0.39 is 0 Å². The van der Waals surface area contributed by atoms with E-state index in [1.807, 2.05) is 31.2 Å². The van der Waals surface area contributed by atoms with Gasteiger partial charge in [0.15, 0.2) is 5.88 Å². The van der Waals surface area contributed by atoms with Gasteiger partial charge in [0.25, 0.3) is 0 Å². The number of phenols is 1. The maximum Gasteiger partial charge on any atom is 0.199 e. The molecule has 5 heteroatoms. The van der Waals surface area contributed by atoms with Crippen LogP contribution < -0.4 is 0 Å². The quantitative estimate of drug-likeness (QED) is 0.614. The number of fused-ring (bicyclic) bond motifs is 1. The number of benzene rings is 2. The second-order valence-corrected chi connectivity index (χ2v) is 5.83. The number of hydrogen-bond donors (Lipinski definition) is 3. The van der Waals surface area contributed by atoms with E-state index >= 15 is 0 Å². The summed E-state index contributed by atoms with van der Waals surface area (Å²) in [5, 5.41) is 20.9. The number of phenolic OH excluding ortho intramolecular Hbond substituents is 1. The molecule has 22 heavy (non-hydrogen) atoms. The largest absolute Gasteiger partial charge is 0.508 e. The summed E-state index contributed by atoms with van der Waals surface area (Å²) < 4.78 is 0.923. The van der Waals surface area contributed by atoms with Crippen LogP contribution in [0.15, 0.2) is 51.9 Å². The predicted molar refractivity (Wildman–Crippen MR) is 92.0 cm³/mol. The van der Waals surface area contributed by atoms with E-state index in [0.717, 1.165) is 20.9 Å². The predicted octanol–water partition coefficient (Wildman–Crippen LogP) is 4.20. The van der Waals surface area contributed by atoms with Crippen LogP contribution >= 0.6 is 15.9 Å². The van der Waals surface area contributed by atoms with E-state index in [2.05, 4.69) is 25.9 Å².